The molecule has 140 valence electrons. The highest BCUT2D eigenvalue weighted by Gasteiger charge is 2.40. The number of fused-ring (bicyclic) bond motifs is 1. The molecule has 0 unspecified atom stereocenters. The molecule has 2 aliphatic rings. The minimum Gasteiger partial charge on any atom is -0.387 e. The molecule has 1 N–H and O–H groups in total. The molecule has 4 heterocycles. The van der Waals surface area contributed by atoms with Crippen molar-refractivity contribution in [1.82, 2.24) is 24.4 Å². The fraction of sp³-hybridized carbons (Fsp3) is 0.611. The summed E-state index contributed by atoms with van der Waals surface area (Å²) in [5.41, 5.74) is 2.03. The molecule has 0 aliphatic carbocycles. The summed E-state index contributed by atoms with van der Waals surface area (Å²) < 4.78 is 7.05. The van der Waals surface area contributed by atoms with Crippen molar-refractivity contribution in [3.05, 3.63) is 29.2 Å². The summed E-state index contributed by atoms with van der Waals surface area (Å²) in [6, 6.07) is 3.66. The van der Waals surface area contributed by atoms with Gasteiger partial charge in [-0.15, -0.1) is 0 Å². The van der Waals surface area contributed by atoms with Crippen molar-refractivity contribution >= 4 is 11.6 Å². The number of hydrogen-bond acceptors (Lipinski definition) is 6. The van der Waals surface area contributed by atoms with Crippen molar-refractivity contribution in [3.8, 4) is 0 Å². The zero-order chi connectivity index (χ0) is 18.3. The van der Waals surface area contributed by atoms with E-state index < -0.39 is 5.60 Å². The number of carbonyl (C=O) groups excluding carboxylic acids is 1. The quantitative estimate of drug-likeness (QED) is 0.846. The molecule has 8 heteroatoms. The van der Waals surface area contributed by atoms with E-state index >= 15 is 0 Å². The van der Waals surface area contributed by atoms with Gasteiger partial charge in [-0.2, -0.15) is 5.10 Å². The number of rotatable bonds is 3. The first-order chi connectivity index (χ1) is 12.4. The van der Waals surface area contributed by atoms with Gasteiger partial charge in [0.1, 0.15) is 0 Å². The Balaban J connectivity index is 1.48. The van der Waals surface area contributed by atoms with Crippen LogP contribution in [-0.2, 0) is 4.74 Å². The lowest BCUT2D eigenvalue weighted by molar-refractivity contribution is -0.0257. The molecule has 2 fully saturated rings. The normalized spacial score (nSPS) is 24.5. The predicted octanol–water partition coefficient (Wildman–Crippen LogP) is 0.255. The number of β-amino-alcohol motifs (C(OH)–C–C–N with tert-alkyl or cyclic N) is 1. The SMILES string of the molecule is Cc1cc(C)n2nc(C(=O)N3CC[C@](O)(CN4CCOCC4)C3)cc2n1. The molecule has 1 atom stereocenters. The van der Waals surface area contributed by atoms with Crippen LogP contribution in [0, 0.1) is 13.8 Å². The predicted molar refractivity (Wildman–Crippen MR) is 95.2 cm³/mol. The van der Waals surface area contributed by atoms with Gasteiger partial charge < -0.3 is 14.7 Å². The molecule has 0 bridgehead atoms. The summed E-state index contributed by atoms with van der Waals surface area (Å²) >= 11 is 0. The first kappa shape index (κ1) is 17.4. The third-order valence-electron chi connectivity index (χ3n) is 5.19. The lowest BCUT2D eigenvalue weighted by Crippen LogP contribution is -2.49. The number of nitrogens with zero attached hydrogens (tertiary/aromatic N) is 5. The molecule has 2 aromatic heterocycles. The maximum Gasteiger partial charge on any atom is 0.274 e. The van der Waals surface area contributed by atoms with Crippen LogP contribution in [0.3, 0.4) is 0 Å². The Morgan fingerprint density at radius 3 is 2.81 bits per heavy atom. The average molecular weight is 359 g/mol. The summed E-state index contributed by atoms with van der Waals surface area (Å²) in [5.74, 6) is -0.148. The Hall–Kier alpha value is -2.03. The van der Waals surface area contributed by atoms with E-state index in [9.17, 15) is 9.90 Å². The van der Waals surface area contributed by atoms with Crippen LogP contribution in [-0.4, -0.2) is 87.0 Å². The maximum atomic E-state index is 12.9. The zero-order valence-electron chi connectivity index (χ0n) is 15.3. The molecule has 0 saturated carbocycles. The van der Waals surface area contributed by atoms with E-state index in [2.05, 4.69) is 15.0 Å². The van der Waals surface area contributed by atoms with Gasteiger partial charge in [0, 0.05) is 43.6 Å². The first-order valence-corrected chi connectivity index (χ1v) is 9.09. The Labute approximate surface area is 152 Å². The van der Waals surface area contributed by atoms with Gasteiger partial charge >= 0.3 is 0 Å². The Morgan fingerprint density at radius 2 is 2.04 bits per heavy atom. The maximum absolute atomic E-state index is 12.9. The molecule has 2 aromatic rings. The summed E-state index contributed by atoms with van der Waals surface area (Å²) in [4.78, 5) is 21.2. The van der Waals surface area contributed by atoms with E-state index in [1.807, 2.05) is 19.9 Å². The highest BCUT2D eigenvalue weighted by atomic mass is 16.5. The van der Waals surface area contributed by atoms with Crippen molar-refractivity contribution in [2.75, 3.05) is 45.9 Å². The molecule has 26 heavy (non-hydrogen) atoms. The van der Waals surface area contributed by atoms with Crippen molar-refractivity contribution in [2.24, 2.45) is 0 Å². The summed E-state index contributed by atoms with van der Waals surface area (Å²) in [5, 5.41) is 15.3. The third-order valence-corrected chi connectivity index (χ3v) is 5.19. The molecule has 0 aromatic carbocycles. The minimum absolute atomic E-state index is 0.148. The molecule has 2 aliphatic heterocycles. The van der Waals surface area contributed by atoms with E-state index in [0.717, 1.165) is 24.5 Å². The number of hydrogen-bond donors (Lipinski definition) is 1. The summed E-state index contributed by atoms with van der Waals surface area (Å²) in [6.45, 7) is 8.37. The number of likely N-dealkylation sites (tertiary alicyclic amines) is 1. The number of morpholine rings is 1. The largest absolute Gasteiger partial charge is 0.387 e. The first-order valence-electron chi connectivity index (χ1n) is 9.09. The molecular weight excluding hydrogens is 334 g/mol. The highest BCUT2D eigenvalue weighted by molar-refractivity contribution is 5.93. The van der Waals surface area contributed by atoms with Gasteiger partial charge in [0.2, 0.25) is 0 Å². The Morgan fingerprint density at radius 1 is 1.27 bits per heavy atom. The number of aromatic nitrogens is 3. The molecule has 4 rings (SSSR count). The van der Waals surface area contributed by atoms with E-state index in [0.29, 0.717) is 50.6 Å². The second kappa shape index (κ2) is 6.61. The lowest BCUT2D eigenvalue weighted by Gasteiger charge is -2.33. The van der Waals surface area contributed by atoms with E-state index in [-0.39, 0.29) is 5.91 Å². The Bertz CT molecular complexity index is 830. The van der Waals surface area contributed by atoms with Gasteiger partial charge in [-0.1, -0.05) is 0 Å². The smallest absolute Gasteiger partial charge is 0.274 e. The van der Waals surface area contributed by atoms with Crippen LogP contribution in [0.2, 0.25) is 0 Å². The summed E-state index contributed by atoms with van der Waals surface area (Å²) in [7, 11) is 0. The molecular formula is C18H25N5O3. The molecule has 8 nitrogen and oxygen atoms in total. The molecule has 2 saturated heterocycles. The molecule has 1 amide bonds. The van der Waals surface area contributed by atoms with Crippen LogP contribution in [0.25, 0.3) is 5.65 Å². The summed E-state index contributed by atoms with van der Waals surface area (Å²) in [6.07, 6.45) is 0.583. The Kier molecular flexibility index (Phi) is 4.42. The van der Waals surface area contributed by atoms with Crippen molar-refractivity contribution in [1.29, 1.82) is 0 Å². The van der Waals surface area contributed by atoms with Gasteiger partial charge in [-0.05, 0) is 26.3 Å². The standard InChI is InChI=1S/C18H25N5O3/c1-13-9-14(2)23-16(19-13)10-15(20-23)17(24)22-4-3-18(25,12-22)11-21-5-7-26-8-6-21/h9-10,25H,3-8,11-12H2,1-2H3/t18-/m0/s1. The lowest BCUT2D eigenvalue weighted by atomic mass is 10.0. The van der Waals surface area contributed by atoms with Crippen LogP contribution < -0.4 is 0 Å². The monoisotopic (exact) mass is 359 g/mol. The minimum atomic E-state index is -0.864. The fourth-order valence-corrected chi connectivity index (χ4v) is 3.89. The van der Waals surface area contributed by atoms with Crippen LogP contribution in [0.15, 0.2) is 12.1 Å². The second-order valence-corrected chi connectivity index (χ2v) is 7.43. The van der Waals surface area contributed by atoms with E-state index in [1.54, 1.807) is 15.5 Å². The zero-order valence-corrected chi connectivity index (χ0v) is 15.3. The van der Waals surface area contributed by atoms with Gasteiger partial charge in [-0.25, -0.2) is 9.50 Å². The van der Waals surface area contributed by atoms with Crippen LogP contribution in [0.5, 0.6) is 0 Å². The van der Waals surface area contributed by atoms with Crippen molar-refractivity contribution < 1.29 is 14.6 Å². The number of amides is 1. The van der Waals surface area contributed by atoms with Gasteiger partial charge in [0.15, 0.2) is 11.3 Å². The number of aliphatic hydroxyl groups is 1. The van der Waals surface area contributed by atoms with Crippen LogP contribution in [0.4, 0.5) is 0 Å². The topological polar surface area (TPSA) is 83.2 Å². The van der Waals surface area contributed by atoms with E-state index in [1.165, 1.54) is 0 Å². The van der Waals surface area contributed by atoms with Crippen molar-refractivity contribution in [3.63, 3.8) is 0 Å². The van der Waals surface area contributed by atoms with Gasteiger partial charge in [-0.3, -0.25) is 9.69 Å². The van der Waals surface area contributed by atoms with E-state index in [4.69, 9.17) is 4.74 Å². The fourth-order valence-electron chi connectivity index (χ4n) is 3.89. The number of carbonyl (C=O) groups is 1. The van der Waals surface area contributed by atoms with Gasteiger partial charge in [0.25, 0.3) is 5.91 Å². The van der Waals surface area contributed by atoms with Crippen LogP contribution in [0.1, 0.15) is 28.3 Å². The second-order valence-electron chi connectivity index (χ2n) is 7.43. The number of aryl methyl sites for hydroxylation is 2. The molecule has 0 radical (unpaired) electrons. The van der Waals surface area contributed by atoms with Gasteiger partial charge in [0.05, 0.1) is 25.4 Å². The highest BCUT2D eigenvalue weighted by Crippen LogP contribution is 2.24. The van der Waals surface area contributed by atoms with Crippen LogP contribution >= 0.6 is 0 Å². The number of ether oxygens (including phenoxy) is 1. The average Bonchev–Trinajstić information content (AvgIpc) is 3.19. The molecule has 0 spiro atoms. The third kappa shape index (κ3) is 3.32. The van der Waals surface area contributed by atoms with Crippen molar-refractivity contribution in [2.45, 2.75) is 25.9 Å².